The highest BCUT2D eigenvalue weighted by Crippen LogP contribution is 2.24. The van der Waals surface area contributed by atoms with E-state index in [1.807, 2.05) is 13.8 Å². The minimum absolute atomic E-state index is 0. The van der Waals surface area contributed by atoms with Crippen molar-refractivity contribution in [3.8, 4) is 0 Å². The number of thiazole rings is 1. The standard InChI is InChI=1S/C19H33N5O2S.HI/c1-6-26-18(25)16-13(2)22-17(27-16)14(3)23-19(20-4)21-11-12-24(5)15-9-7-8-10-15;/h14-15H,6-12H2,1-5H3,(H2,20,21,23);1H. The SMILES string of the molecule is CCOC(=O)c1sc(C(C)NC(=NC)NCCN(C)C2CCCC2)nc1C.I. The van der Waals surface area contributed by atoms with Gasteiger partial charge in [-0.05, 0) is 40.7 Å². The van der Waals surface area contributed by atoms with Crippen LogP contribution in [0.3, 0.4) is 0 Å². The molecule has 9 heteroatoms. The molecule has 1 aromatic rings. The lowest BCUT2D eigenvalue weighted by Crippen LogP contribution is -2.43. The Kier molecular flexibility index (Phi) is 11.3. The van der Waals surface area contributed by atoms with E-state index < -0.39 is 0 Å². The molecule has 1 aliphatic rings. The molecule has 0 saturated heterocycles. The first-order valence-corrected chi connectivity index (χ1v) is 10.6. The van der Waals surface area contributed by atoms with Crippen molar-refractivity contribution in [2.24, 2.45) is 4.99 Å². The zero-order valence-corrected chi connectivity index (χ0v) is 20.7. The fraction of sp³-hybridized carbons (Fsp3) is 0.737. The zero-order chi connectivity index (χ0) is 19.8. The number of rotatable bonds is 8. The number of carbonyl (C=O) groups is 1. The molecule has 7 nitrogen and oxygen atoms in total. The van der Waals surface area contributed by atoms with E-state index in [0.29, 0.717) is 17.2 Å². The number of carbonyl (C=O) groups excluding carboxylic acids is 1. The average molecular weight is 523 g/mol. The van der Waals surface area contributed by atoms with Gasteiger partial charge in [0.15, 0.2) is 5.96 Å². The Bertz CT molecular complexity index is 646. The third-order valence-corrected chi connectivity index (χ3v) is 6.25. The number of aryl methyl sites for hydroxylation is 1. The molecule has 1 saturated carbocycles. The van der Waals surface area contributed by atoms with Crippen LogP contribution in [-0.2, 0) is 4.74 Å². The van der Waals surface area contributed by atoms with Gasteiger partial charge in [-0.25, -0.2) is 9.78 Å². The van der Waals surface area contributed by atoms with Crippen molar-refractivity contribution in [3.63, 3.8) is 0 Å². The Morgan fingerprint density at radius 2 is 2.11 bits per heavy atom. The predicted molar refractivity (Wildman–Crippen MR) is 126 cm³/mol. The summed E-state index contributed by atoms with van der Waals surface area (Å²) >= 11 is 1.37. The summed E-state index contributed by atoms with van der Waals surface area (Å²) in [4.78, 5) is 23.8. The smallest absolute Gasteiger partial charge is 0.350 e. The van der Waals surface area contributed by atoms with E-state index in [2.05, 4.69) is 32.6 Å². The van der Waals surface area contributed by atoms with Crippen molar-refractivity contribution in [2.45, 2.75) is 58.5 Å². The number of hydrogen-bond donors (Lipinski definition) is 2. The summed E-state index contributed by atoms with van der Waals surface area (Å²) in [7, 11) is 3.96. The largest absolute Gasteiger partial charge is 0.462 e. The average Bonchev–Trinajstić information content (AvgIpc) is 3.30. The van der Waals surface area contributed by atoms with Gasteiger partial charge in [0.2, 0.25) is 0 Å². The normalized spacial score (nSPS) is 16.0. The van der Waals surface area contributed by atoms with E-state index in [0.717, 1.165) is 30.1 Å². The maximum Gasteiger partial charge on any atom is 0.350 e. The number of nitrogens with one attached hydrogen (secondary N) is 2. The van der Waals surface area contributed by atoms with Crippen LogP contribution in [0.15, 0.2) is 4.99 Å². The molecule has 160 valence electrons. The third-order valence-electron chi connectivity index (χ3n) is 4.93. The Morgan fingerprint density at radius 3 is 2.71 bits per heavy atom. The minimum atomic E-state index is -0.302. The van der Waals surface area contributed by atoms with Crippen molar-refractivity contribution < 1.29 is 9.53 Å². The Morgan fingerprint density at radius 1 is 1.43 bits per heavy atom. The number of aromatic nitrogens is 1. The summed E-state index contributed by atoms with van der Waals surface area (Å²) in [6.07, 6.45) is 5.33. The van der Waals surface area contributed by atoms with Crippen LogP contribution in [0, 0.1) is 6.92 Å². The summed E-state index contributed by atoms with van der Waals surface area (Å²) in [6.45, 7) is 7.85. The number of esters is 1. The molecule has 1 aliphatic carbocycles. The van der Waals surface area contributed by atoms with Gasteiger partial charge in [-0.1, -0.05) is 12.8 Å². The van der Waals surface area contributed by atoms with Gasteiger partial charge >= 0.3 is 5.97 Å². The van der Waals surface area contributed by atoms with Gasteiger partial charge in [0, 0.05) is 26.2 Å². The maximum absolute atomic E-state index is 12.0. The summed E-state index contributed by atoms with van der Waals surface area (Å²) in [5.74, 6) is 0.441. The fourth-order valence-electron chi connectivity index (χ4n) is 3.33. The van der Waals surface area contributed by atoms with E-state index in [1.54, 1.807) is 14.0 Å². The molecule has 2 rings (SSSR count). The number of guanidine groups is 1. The molecular weight excluding hydrogens is 489 g/mol. The van der Waals surface area contributed by atoms with E-state index in [9.17, 15) is 4.79 Å². The van der Waals surface area contributed by atoms with Gasteiger partial charge in [-0.3, -0.25) is 4.99 Å². The highest BCUT2D eigenvalue weighted by molar-refractivity contribution is 14.0. The summed E-state index contributed by atoms with van der Waals surface area (Å²) in [6, 6.07) is 0.677. The second-order valence-electron chi connectivity index (χ2n) is 6.97. The van der Waals surface area contributed by atoms with Crippen LogP contribution >= 0.6 is 35.3 Å². The van der Waals surface area contributed by atoms with Crippen LogP contribution < -0.4 is 10.6 Å². The van der Waals surface area contributed by atoms with Gasteiger partial charge in [0.05, 0.1) is 18.3 Å². The van der Waals surface area contributed by atoms with E-state index in [1.165, 1.54) is 37.0 Å². The van der Waals surface area contributed by atoms with Crippen LogP contribution in [0.5, 0.6) is 0 Å². The van der Waals surface area contributed by atoms with Gasteiger partial charge in [-0.15, -0.1) is 35.3 Å². The maximum atomic E-state index is 12.0. The number of ether oxygens (including phenoxy) is 1. The highest BCUT2D eigenvalue weighted by atomic mass is 127. The lowest BCUT2D eigenvalue weighted by Gasteiger charge is -2.24. The Hall–Kier alpha value is -0.940. The molecule has 0 aromatic carbocycles. The topological polar surface area (TPSA) is 78.8 Å². The van der Waals surface area contributed by atoms with Crippen LogP contribution in [0.1, 0.15) is 65.9 Å². The summed E-state index contributed by atoms with van der Waals surface area (Å²) in [5, 5.41) is 7.57. The minimum Gasteiger partial charge on any atom is -0.462 e. The van der Waals surface area contributed by atoms with Crippen LogP contribution in [0.25, 0.3) is 0 Å². The number of halogens is 1. The predicted octanol–water partition coefficient (Wildman–Crippen LogP) is 3.35. The summed E-state index contributed by atoms with van der Waals surface area (Å²) in [5.41, 5.74) is 0.711. The van der Waals surface area contributed by atoms with Gasteiger partial charge in [-0.2, -0.15) is 0 Å². The molecule has 1 atom stereocenters. The molecule has 28 heavy (non-hydrogen) atoms. The quantitative estimate of drug-likeness (QED) is 0.236. The highest BCUT2D eigenvalue weighted by Gasteiger charge is 2.21. The molecule has 1 aromatic heterocycles. The van der Waals surface area contributed by atoms with Crippen molar-refractivity contribution in [1.29, 1.82) is 0 Å². The molecule has 1 fully saturated rings. The van der Waals surface area contributed by atoms with Gasteiger partial charge in [0.25, 0.3) is 0 Å². The lowest BCUT2D eigenvalue weighted by atomic mass is 10.2. The molecule has 0 radical (unpaired) electrons. The monoisotopic (exact) mass is 523 g/mol. The van der Waals surface area contributed by atoms with Gasteiger partial charge < -0.3 is 20.3 Å². The van der Waals surface area contributed by atoms with Crippen LogP contribution in [0.4, 0.5) is 0 Å². The van der Waals surface area contributed by atoms with Crippen molar-refractivity contribution >= 4 is 47.2 Å². The third kappa shape index (κ3) is 7.14. The first-order valence-electron chi connectivity index (χ1n) is 9.78. The lowest BCUT2D eigenvalue weighted by molar-refractivity contribution is 0.0531. The van der Waals surface area contributed by atoms with E-state index in [4.69, 9.17) is 4.74 Å². The molecule has 0 aliphatic heterocycles. The summed E-state index contributed by atoms with van der Waals surface area (Å²) < 4.78 is 5.09. The number of aliphatic imine (C=N–C) groups is 1. The van der Waals surface area contributed by atoms with Crippen molar-refractivity contribution in [3.05, 3.63) is 15.6 Å². The van der Waals surface area contributed by atoms with E-state index >= 15 is 0 Å². The Balaban J connectivity index is 0.00000392. The molecule has 1 heterocycles. The van der Waals surface area contributed by atoms with Crippen molar-refractivity contribution in [2.75, 3.05) is 33.8 Å². The van der Waals surface area contributed by atoms with Crippen molar-refractivity contribution in [1.82, 2.24) is 20.5 Å². The number of nitrogens with zero attached hydrogens (tertiary/aromatic N) is 3. The zero-order valence-electron chi connectivity index (χ0n) is 17.6. The second kappa shape index (κ2) is 12.6. The van der Waals surface area contributed by atoms with E-state index in [-0.39, 0.29) is 36.0 Å². The Labute approximate surface area is 189 Å². The first kappa shape index (κ1) is 25.1. The molecular formula is C19H34IN5O2S. The molecule has 2 N–H and O–H groups in total. The second-order valence-corrected chi connectivity index (χ2v) is 8.00. The molecule has 0 bridgehead atoms. The van der Waals surface area contributed by atoms with Crippen LogP contribution in [0.2, 0.25) is 0 Å². The molecule has 1 unspecified atom stereocenters. The fourth-order valence-corrected chi connectivity index (χ4v) is 4.29. The van der Waals surface area contributed by atoms with Crippen LogP contribution in [-0.4, -0.2) is 61.6 Å². The first-order chi connectivity index (χ1) is 13.0. The number of likely N-dealkylation sites (N-methyl/N-ethyl adjacent to an activating group) is 1. The molecule has 0 spiro atoms. The number of hydrogen-bond acceptors (Lipinski definition) is 6. The van der Waals surface area contributed by atoms with Gasteiger partial charge in [0.1, 0.15) is 9.88 Å². The molecule has 0 amide bonds.